The molecule has 0 unspecified atom stereocenters. The molecule has 1 heterocycles. The number of ketones is 1. The maximum absolute atomic E-state index is 11.9. The predicted molar refractivity (Wildman–Crippen MR) is 81.2 cm³/mol. The van der Waals surface area contributed by atoms with Gasteiger partial charge in [0.25, 0.3) is 0 Å². The van der Waals surface area contributed by atoms with Crippen molar-refractivity contribution < 1.29 is 9.21 Å². The van der Waals surface area contributed by atoms with Crippen LogP contribution in [0.5, 0.6) is 0 Å². The Hall–Kier alpha value is -2.61. The molecule has 0 N–H and O–H groups in total. The number of carbonyl (C=O) groups is 1. The first-order valence-electron chi connectivity index (χ1n) is 6.59. The Labute approximate surface area is 115 Å². The van der Waals surface area contributed by atoms with Crippen molar-refractivity contribution in [2.45, 2.75) is 6.92 Å². The van der Waals surface area contributed by atoms with Crippen molar-refractivity contribution in [2.75, 3.05) is 0 Å². The van der Waals surface area contributed by atoms with Crippen molar-refractivity contribution in [3.63, 3.8) is 0 Å². The van der Waals surface area contributed by atoms with Crippen molar-refractivity contribution in [3.05, 3.63) is 60.2 Å². The first-order chi connectivity index (χ1) is 9.75. The maximum Gasteiger partial charge on any atom is 0.160 e. The average Bonchev–Trinajstić information content (AvgIpc) is 2.85. The summed E-state index contributed by atoms with van der Waals surface area (Å²) in [4.78, 5) is 11.9. The summed E-state index contributed by atoms with van der Waals surface area (Å²) in [6.07, 6.45) is 0. The number of Topliss-reactive ketones (excluding diaryl/α,β-unsaturated/α-hetero) is 1. The third kappa shape index (κ3) is 1.42. The van der Waals surface area contributed by atoms with Crippen LogP contribution in [0.1, 0.15) is 17.3 Å². The van der Waals surface area contributed by atoms with E-state index in [4.69, 9.17) is 4.42 Å². The molecule has 1 aromatic heterocycles. The van der Waals surface area contributed by atoms with Crippen LogP contribution in [-0.2, 0) is 0 Å². The summed E-state index contributed by atoms with van der Waals surface area (Å²) in [6, 6.07) is 17.8. The van der Waals surface area contributed by atoms with E-state index in [1.807, 2.05) is 42.5 Å². The summed E-state index contributed by atoms with van der Waals surface area (Å²) in [7, 11) is 0. The zero-order chi connectivity index (χ0) is 13.7. The number of benzene rings is 3. The van der Waals surface area contributed by atoms with Gasteiger partial charge in [0.05, 0.1) is 0 Å². The first-order valence-corrected chi connectivity index (χ1v) is 6.59. The van der Waals surface area contributed by atoms with Crippen molar-refractivity contribution in [2.24, 2.45) is 0 Å². The summed E-state index contributed by atoms with van der Waals surface area (Å²) < 4.78 is 5.90. The Morgan fingerprint density at radius 3 is 2.50 bits per heavy atom. The number of furan rings is 1. The Morgan fingerprint density at radius 2 is 1.65 bits per heavy atom. The standard InChI is InChI=1S/C18H12O2/c1-11(19)13-7-4-8-15-17(13)18-14-6-3-2-5-12(14)9-10-16(18)20-15/h2-10H,1H3. The first kappa shape index (κ1) is 11.2. The lowest BCUT2D eigenvalue weighted by Gasteiger charge is -2.01. The van der Waals surface area contributed by atoms with Gasteiger partial charge in [-0.25, -0.2) is 0 Å². The zero-order valence-electron chi connectivity index (χ0n) is 11.0. The van der Waals surface area contributed by atoms with Crippen molar-refractivity contribution in [1.29, 1.82) is 0 Å². The summed E-state index contributed by atoms with van der Waals surface area (Å²) in [5.74, 6) is 0.0613. The molecule has 20 heavy (non-hydrogen) atoms. The normalized spacial score (nSPS) is 11.4. The molecule has 0 fully saturated rings. The highest BCUT2D eigenvalue weighted by Gasteiger charge is 2.15. The molecule has 4 rings (SSSR count). The van der Waals surface area contributed by atoms with E-state index in [9.17, 15) is 4.79 Å². The predicted octanol–water partition coefficient (Wildman–Crippen LogP) is 4.94. The highest BCUT2D eigenvalue weighted by atomic mass is 16.3. The lowest BCUT2D eigenvalue weighted by molar-refractivity contribution is 0.101. The Balaban J connectivity index is 2.35. The third-order valence-electron chi connectivity index (χ3n) is 3.77. The topological polar surface area (TPSA) is 30.2 Å². The second kappa shape index (κ2) is 3.94. The molecule has 0 aliphatic heterocycles. The smallest absolute Gasteiger partial charge is 0.160 e. The van der Waals surface area contributed by atoms with Crippen LogP contribution in [0.4, 0.5) is 0 Å². The van der Waals surface area contributed by atoms with Crippen LogP contribution in [0.15, 0.2) is 59.0 Å². The molecule has 0 radical (unpaired) electrons. The number of hydrogen-bond acceptors (Lipinski definition) is 2. The quantitative estimate of drug-likeness (QED) is 0.454. The van der Waals surface area contributed by atoms with E-state index in [1.54, 1.807) is 6.92 Å². The van der Waals surface area contributed by atoms with E-state index in [1.165, 1.54) is 0 Å². The number of carbonyl (C=O) groups excluding carboxylic acids is 1. The third-order valence-corrected chi connectivity index (χ3v) is 3.77. The molecule has 0 atom stereocenters. The fraction of sp³-hybridized carbons (Fsp3) is 0.0556. The van der Waals surface area contributed by atoms with Gasteiger partial charge < -0.3 is 4.42 Å². The molecule has 0 saturated heterocycles. The second-order valence-electron chi connectivity index (χ2n) is 5.00. The molecular formula is C18H12O2. The molecule has 2 heteroatoms. The monoisotopic (exact) mass is 260 g/mol. The van der Waals surface area contributed by atoms with Gasteiger partial charge in [0.2, 0.25) is 0 Å². The fourth-order valence-electron chi connectivity index (χ4n) is 2.88. The molecule has 0 amide bonds. The van der Waals surface area contributed by atoms with E-state index in [0.717, 1.165) is 38.3 Å². The highest BCUT2D eigenvalue weighted by molar-refractivity contribution is 6.24. The minimum atomic E-state index is 0.0613. The van der Waals surface area contributed by atoms with Crippen LogP contribution in [0.3, 0.4) is 0 Å². The SMILES string of the molecule is CC(=O)c1cccc2oc3ccc4ccccc4c3c12. The van der Waals surface area contributed by atoms with Crippen LogP contribution in [0.2, 0.25) is 0 Å². The van der Waals surface area contributed by atoms with Gasteiger partial charge in [0.1, 0.15) is 11.2 Å². The van der Waals surface area contributed by atoms with Crippen molar-refractivity contribution in [3.8, 4) is 0 Å². The lowest BCUT2D eigenvalue weighted by Crippen LogP contribution is -1.92. The van der Waals surface area contributed by atoms with Crippen molar-refractivity contribution in [1.82, 2.24) is 0 Å². The Morgan fingerprint density at radius 1 is 0.850 bits per heavy atom. The molecule has 2 nitrogen and oxygen atoms in total. The van der Waals surface area contributed by atoms with E-state index in [2.05, 4.69) is 12.1 Å². The van der Waals surface area contributed by atoms with Crippen LogP contribution in [0, 0.1) is 0 Å². The molecule has 4 aromatic rings. The molecule has 0 aliphatic carbocycles. The van der Waals surface area contributed by atoms with Gasteiger partial charge in [-0.2, -0.15) is 0 Å². The molecule has 0 aliphatic rings. The molecule has 0 saturated carbocycles. The van der Waals surface area contributed by atoms with E-state index in [0.29, 0.717) is 0 Å². The molecule has 96 valence electrons. The molecule has 0 bridgehead atoms. The minimum Gasteiger partial charge on any atom is -0.456 e. The summed E-state index contributed by atoms with van der Waals surface area (Å²) in [5.41, 5.74) is 2.31. The van der Waals surface area contributed by atoms with E-state index in [-0.39, 0.29) is 5.78 Å². The molecular weight excluding hydrogens is 248 g/mol. The summed E-state index contributed by atoms with van der Waals surface area (Å²) >= 11 is 0. The number of fused-ring (bicyclic) bond motifs is 5. The minimum absolute atomic E-state index is 0.0613. The maximum atomic E-state index is 11.9. The van der Waals surface area contributed by atoms with Crippen LogP contribution >= 0.6 is 0 Å². The number of hydrogen-bond donors (Lipinski definition) is 0. The van der Waals surface area contributed by atoms with Crippen molar-refractivity contribution >= 4 is 38.5 Å². The second-order valence-corrected chi connectivity index (χ2v) is 5.00. The molecule has 3 aromatic carbocycles. The van der Waals surface area contributed by atoms with E-state index < -0.39 is 0 Å². The van der Waals surface area contributed by atoms with Crippen LogP contribution in [-0.4, -0.2) is 5.78 Å². The van der Waals surface area contributed by atoms with Crippen LogP contribution in [0.25, 0.3) is 32.7 Å². The van der Waals surface area contributed by atoms with Gasteiger partial charge in [0.15, 0.2) is 5.78 Å². The van der Waals surface area contributed by atoms with Gasteiger partial charge in [-0.15, -0.1) is 0 Å². The molecule has 0 spiro atoms. The number of rotatable bonds is 1. The van der Waals surface area contributed by atoms with Gasteiger partial charge in [0, 0.05) is 16.3 Å². The fourth-order valence-corrected chi connectivity index (χ4v) is 2.88. The summed E-state index contributed by atoms with van der Waals surface area (Å²) in [5, 5.41) is 4.23. The van der Waals surface area contributed by atoms with Gasteiger partial charge >= 0.3 is 0 Å². The van der Waals surface area contributed by atoms with Gasteiger partial charge in [-0.3, -0.25) is 4.79 Å². The average molecular weight is 260 g/mol. The van der Waals surface area contributed by atoms with Gasteiger partial charge in [-0.05, 0) is 29.8 Å². The summed E-state index contributed by atoms with van der Waals surface area (Å²) in [6.45, 7) is 1.60. The van der Waals surface area contributed by atoms with Crippen LogP contribution < -0.4 is 0 Å². The van der Waals surface area contributed by atoms with Gasteiger partial charge in [-0.1, -0.05) is 42.5 Å². The largest absolute Gasteiger partial charge is 0.456 e. The lowest BCUT2D eigenvalue weighted by atomic mass is 9.99. The Bertz CT molecular complexity index is 977. The zero-order valence-corrected chi connectivity index (χ0v) is 11.0. The highest BCUT2D eigenvalue weighted by Crippen LogP contribution is 2.36. The Kier molecular flexibility index (Phi) is 2.21. The van der Waals surface area contributed by atoms with E-state index >= 15 is 0 Å².